The summed E-state index contributed by atoms with van der Waals surface area (Å²) in [6.07, 6.45) is 7.02. The maximum absolute atomic E-state index is 5.17. The van der Waals surface area contributed by atoms with Gasteiger partial charge in [-0.25, -0.2) is 0 Å². The number of benzene rings is 1. The molecule has 2 rings (SSSR count). The molecular weight excluding hydrogens is 184 g/mol. The molecule has 1 nitrogen and oxygen atoms in total. The summed E-state index contributed by atoms with van der Waals surface area (Å²) < 4.78 is 5.17. The van der Waals surface area contributed by atoms with Crippen LogP contribution >= 0.6 is 0 Å². The van der Waals surface area contributed by atoms with E-state index >= 15 is 0 Å². The van der Waals surface area contributed by atoms with Gasteiger partial charge in [0.05, 0.1) is 6.26 Å². The first-order valence-corrected chi connectivity index (χ1v) is 5.40. The number of hydrogen-bond donors (Lipinski definition) is 0. The van der Waals surface area contributed by atoms with E-state index < -0.39 is 0 Å². The molecule has 1 heteroatoms. The Kier molecular flexibility index (Phi) is 2.91. The number of ether oxygens (including phenoxy) is 1. The zero-order valence-electron chi connectivity index (χ0n) is 9.29. The normalized spacial score (nSPS) is 14.7. The van der Waals surface area contributed by atoms with E-state index in [0.717, 1.165) is 6.42 Å². The Balaban J connectivity index is 2.47. The molecule has 0 aromatic heterocycles. The van der Waals surface area contributed by atoms with E-state index in [1.54, 1.807) is 6.26 Å². The second-order valence-corrected chi connectivity index (χ2v) is 3.75. The lowest BCUT2D eigenvalue weighted by atomic mass is 9.94. The summed E-state index contributed by atoms with van der Waals surface area (Å²) >= 11 is 0. The maximum atomic E-state index is 5.17. The third-order valence-corrected chi connectivity index (χ3v) is 2.82. The quantitative estimate of drug-likeness (QED) is 0.710. The van der Waals surface area contributed by atoms with E-state index in [9.17, 15) is 0 Å². The smallest absolute Gasteiger partial charge is 0.106 e. The molecule has 0 unspecified atom stereocenters. The molecule has 1 aliphatic rings. The third-order valence-electron chi connectivity index (χ3n) is 2.82. The van der Waals surface area contributed by atoms with Crippen LogP contribution in [0.15, 0.2) is 36.6 Å². The van der Waals surface area contributed by atoms with Crippen LogP contribution in [-0.4, -0.2) is 6.61 Å². The molecule has 1 aromatic rings. The Morgan fingerprint density at radius 3 is 2.87 bits per heavy atom. The van der Waals surface area contributed by atoms with E-state index in [0.29, 0.717) is 6.61 Å². The molecule has 0 saturated heterocycles. The van der Waals surface area contributed by atoms with Crippen molar-refractivity contribution in [3.05, 3.63) is 53.3 Å². The monoisotopic (exact) mass is 200 g/mol. The summed E-state index contributed by atoms with van der Waals surface area (Å²) in [6.45, 7) is 5.06. The van der Waals surface area contributed by atoms with Gasteiger partial charge in [-0.3, -0.25) is 0 Å². The number of rotatable bonds is 2. The van der Waals surface area contributed by atoms with Crippen molar-refractivity contribution in [2.45, 2.75) is 20.3 Å². The summed E-state index contributed by atoms with van der Waals surface area (Å²) in [6, 6.07) is 6.48. The van der Waals surface area contributed by atoms with Gasteiger partial charge in [-0.2, -0.15) is 0 Å². The first kappa shape index (κ1) is 10.0. The molecule has 0 N–H and O–H groups in total. The van der Waals surface area contributed by atoms with Gasteiger partial charge in [0.1, 0.15) is 6.61 Å². The minimum absolute atomic E-state index is 0.683. The van der Waals surface area contributed by atoms with E-state index in [4.69, 9.17) is 4.74 Å². The van der Waals surface area contributed by atoms with Gasteiger partial charge in [0.25, 0.3) is 0 Å². The molecule has 0 atom stereocenters. The van der Waals surface area contributed by atoms with Crippen molar-refractivity contribution in [2.24, 2.45) is 0 Å². The molecule has 1 heterocycles. The molecule has 0 fully saturated rings. The number of hydrogen-bond acceptors (Lipinski definition) is 1. The van der Waals surface area contributed by atoms with E-state index in [1.165, 1.54) is 22.3 Å². The van der Waals surface area contributed by atoms with Crippen molar-refractivity contribution in [1.82, 2.24) is 0 Å². The van der Waals surface area contributed by atoms with Crippen LogP contribution in [0.25, 0.3) is 5.57 Å². The average Bonchev–Trinajstić information content (AvgIpc) is 2.30. The Bertz CT molecular complexity index is 413. The number of aryl methyl sites for hydroxylation is 1. The van der Waals surface area contributed by atoms with Gasteiger partial charge in [0, 0.05) is 0 Å². The Morgan fingerprint density at radius 1 is 1.33 bits per heavy atom. The molecule has 78 valence electrons. The summed E-state index contributed by atoms with van der Waals surface area (Å²) in [7, 11) is 0. The summed E-state index contributed by atoms with van der Waals surface area (Å²) in [5.74, 6) is 0. The van der Waals surface area contributed by atoms with Crippen LogP contribution in [0.4, 0.5) is 0 Å². The van der Waals surface area contributed by atoms with Crippen LogP contribution in [0.5, 0.6) is 0 Å². The highest BCUT2D eigenvalue weighted by molar-refractivity contribution is 5.77. The van der Waals surface area contributed by atoms with Crippen LogP contribution < -0.4 is 0 Å². The van der Waals surface area contributed by atoms with Crippen molar-refractivity contribution in [3.8, 4) is 0 Å². The van der Waals surface area contributed by atoms with Crippen LogP contribution in [-0.2, 0) is 11.2 Å². The zero-order chi connectivity index (χ0) is 10.7. The standard InChI is InChI=1S/C14H16O/c1-3-13-11(2)5-4-6-14(13)12-7-9-15-10-8-12/h4-9H,3,10H2,1-2H3. The summed E-state index contributed by atoms with van der Waals surface area (Å²) in [4.78, 5) is 0. The minimum atomic E-state index is 0.683. The molecule has 1 aliphatic heterocycles. The van der Waals surface area contributed by atoms with Crippen LogP contribution in [0.3, 0.4) is 0 Å². The van der Waals surface area contributed by atoms with E-state index in [-0.39, 0.29) is 0 Å². The molecule has 0 aliphatic carbocycles. The lowest BCUT2D eigenvalue weighted by Crippen LogP contribution is -1.98. The second kappa shape index (κ2) is 4.35. The molecular formula is C14H16O. The average molecular weight is 200 g/mol. The van der Waals surface area contributed by atoms with Gasteiger partial charge in [-0.1, -0.05) is 25.1 Å². The van der Waals surface area contributed by atoms with Crippen LogP contribution in [0, 0.1) is 6.92 Å². The molecule has 15 heavy (non-hydrogen) atoms. The molecule has 0 saturated carbocycles. The summed E-state index contributed by atoms with van der Waals surface area (Å²) in [5.41, 5.74) is 5.44. The van der Waals surface area contributed by atoms with Gasteiger partial charge in [-0.05, 0) is 47.8 Å². The van der Waals surface area contributed by atoms with Crippen molar-refractivity contribution < 1.29 is 4.74 Å². The molecule has 0 radical (unpaired) electrons. The van der Waals surface area contributed by atoms with Gasteiger partial charge in [-0.15, -0.1) is 0 Å². The zero-order valence-corrected chi connectivity index (χ0v) is 9.29. The second-order valence-electron chi connectivity index (χ2n) is 3.75. The first-order valence-electron chi connectivity index (χ1n) is 5.40. The Labute approximate surface area is 91.1 Å². The summed E-state index contributed by atoms with van der Waals surface area (Å²) in [5, 5.41) is 0. The fourth-order valence-corrected chi connectivity index (χ4v) is 2.02. The third kappa shape index (κ3) is 1.96. The Hall–Kier alpha value is -1.50. The minimum Gasteiger partial charge on any atom is -0.497 e. The van der Waals surface area contributed by atoms with E-state index in [2.05, 4.69) is 38.1 Å². The predicted molar refractivity (Wildman–Crippen MR) is 63.6 cm³/mol. The predicted octanol–water partition coefficient (Wildman–Crippen LogP) is 3.48. The lowest BCUT2D eigenvalue weighted by Gasteiger charge is -2.14. The Morgan fingerprint density at radius 2 is 2.20 bits per heavy atom. The fraction of sp³-hybridized carbons (Fsp3) is 0.286. The topological polar surface area (TPSA) is 9.23 Å². The van der Waals surface area contributed by atoms with Crippen molar-refractivity contribution in [3.63, 3.8) is 0 Å². The fourth-order valence-electron chi connectivity index (χ4n) is 2.02. The highest BCUT2D eigenvalue weighted by atomic mass is 16.5. The molecule has 0 amide bonds. The lowest BCUT2D eigenvalue weighted by molar-refractivity contribution is 0.287. The SMILES string of the molecule is CCc1c(C)cccc1C1=CCOC=C1. The van der Waals surface area contributed by atoms with Crippen molar-refractivity contribution in [2.75, 3.05) is 6.61 Å². The van der Waals surface area contributed by atoms with Gasteiger partial charge in [0.15, 0.2) is 0 Å². The number of allylic oxidation sites excluding steroid dienone is 2. The van der Waals surface area contributed by atoms with Gasteiger partial charge in [0.2, 0.25) is 0 Å². The largest absolute Gasteiger partial charge is 0.497 e. The maximum Gasteiger partial charge on any atom is 0.106 e. The van der Waals surface area contributed by atoms with Crippen molar-refractivity contribution in [1.29, 1.82) is 0 Å². The molecule has 1 aromatic carbocycles. The van der Waals surface area contributed by atoms with Gasteiger partial charge < -0.3 is 4.74 Å². The van der Waals surface area contributed by atoms with E-state index in [1.807, 2.05) is 6.08 Å². The van der Waals surface area contributed by atoms with Crippen LogP contribution in [0.2, 0.25) is 0 Å². The molecule has 0 bridgehead atoms. The van der Waals surface area contributed by atoms with Crippen molar-refractivity contribution >= 4 is 5.57 Å². The van der Waals surface area contributed by atoms with Crippen LogP contribution in [0.1, 0.15) is 23.6 Å². The molecule has 0 spiro atoms. The van der Waals surface area contributed by atoms with Gasteiger partial charge >= 0.3 is 0 Å². The first-order chi connectivity index (χ1) is 7.33. The highest BCUT2D eigenvalue weighted by Gasteiger charge is 2.07. The highest BCUT2D eigenvalue weighted by Crippen LogP contribution is 2.25.